The van der Waals surface area contributed by atoms with Crippen LogP contribution in [0, 0.1) is 23.3 Å². The molecule has 10 heteroatoms. The molecule has 0 spiro atoms. The summed E-state index contributed by atoms with van der Waals surface area (Å²) in [6.07, 6.45) is -0.160. The summed E-state index contributed by atoms with van der Waals surface area (Å²) in [6.45, 7) is 0.583. The van der Waals surface area contributed by atoms with Gasteiger partial charge in [0.1, 0.15) is 23.3 Å². The van der Waals surface area contributed by atoms with Crippen LogP contribution in [-0.4, -0.2) is 36.9 Å². The van der Waals surface area contributed by atoms with Crippen LogP contribution < -0.4 is 15.5 Å². The molecule has 168 valence electrons. The third kappa shape index (κ3) is 4.58. The predicted octanol–water partition coefficient (Wildman–Crippen LogP) is 2.31. The number of halogens is 4. The maximum absolute atomic E-state index is 14.6. The minimum absolute atomic E-state index is 0.00675. The van der Waals surface area contributed by atoms with E-state index in [2.05, 4.69) is 10.6 Å². The van der Waals surface area contributed by atoms with E-state index in [1.54, 1.807) is 4.90 Å². The number of piperidine rings is 1. The highest BCUT2D eigenvalue weighted by Crippen LogP contribution is 2.33. The smallest absolute Gasteiger partial charge is 0.234 e. The summed E-state index contributed by atoms with van der Waals surface area (Å²) in [5.41, 5.74) is 0.0876. The molecule has 4 rings (SSSR count). The Kier molecular flexibility index (Phi) is 5.86. The number of anilines is 1. The van der Waals surface area contributed by atoms with Gasteiger partial charge in [0, 0.05) is 36.8 Å². The minimum Gasteiger partial charge on any atom is -0.367 e. The van der Waals surface area contributed by atoms with Gasteiger partial charge in [-0.2, -0.15) is 0 Å². The molecule has 1 atom stereocenters. The van der Waals surface area contributed by atoms with Crippen LogP contribution in [0.1, 0.15) is 29.9 Å². The molecule has 2 aromatic rings. The van der Waals surface area contributed by atoms with Crippen molar-refractivity contribution in [1.82, 2.24) is 10.6 Å². The van der Waals surface area contributed by atoms with Crippen molar-refractivity contribution in [3.8, 4) is 0 Å². The number of amides is 3. The van der Waals surface area contributed by atoms with E-state index in [9.17, 15) is 31.9 Å². The van der Waals surface area contributed by atoms with E-state index in [0.717, 1.165) is 30.3 Å². The van der Waals surface area contributed by atoms with E-state index in [-0.39, 0.29) is 42.1 Å². The van der Waals surface area contributed by atoms with Crippen LogP contribution in [0.3, 0.4) is 0 Å². The zero-order valence-electron chi connectivity index (χ0n) is 16.8. The SMILES string of the molecule is O=C1CCC(c2c(F)cc(N3CC(NC(=O)Cc4cc(F)cc(F)c4)C3)cc2F)C(=O)N1. The van der Waals surface area contributed by atoms with Gasteiger partial charge in [-0.25, -0.2) is 17.6 Å². The van der Waals surface area contributed by atoms with Gasteiger partial charge in [-0.05, 0) is 36.2 Å². The topological polar surface area (TPSA) is 78.5 Å². The zero-order valence-corrected chi connectivity index (χ0v) is 16.8. The molecule has 2 aliphatic rings. The van der Waals surface area contributed by atoms with Crippen LogP contribution in [-0.2, 0) is 20.8 Å². The van der Waals surface area contributed by atoms with Gasteiger partial charge in [-0.1, -0.05) is 0 Å². The Morgan fingerprint density at radius 3 is 2.22 bits per heavy atom. The van der Waals surface area contributed by atoms with Crippen LogP contribution in [0.2, 0.25) is 0 Å². The van der Waals surface area contributed by atoms with Gasteiger partial charge in [0.05, 0.1) is 18.4 Å². The third-order valence-electron chi connectivity index (χ3n) is 5.55. The van der Waals surface area contributed by atoms with Gasteiger partial charge in [0.2, 0.25) is 17.7 Å². The summed E-state index contributed by atoms with van der Waals surface area (Å²) in [5, 5.41) is 4.79. The molecular weight excluding hydrogens is 430 g/mol. The lowest BCUT2D eigenvalue weighted by molar-refractivity contribution is -0.134. The molecule has 6 nitrogen and oxygen atoms in total. The summed E-state index contributed by atoms with van der Waals surface area (Å²) >= 11 is 0. The van der Waals surface area contributed by atoms with E-state index in [1.165, 1.54) is 0 Å². The average Bonchev–Trinajstić information content (AvgIpc) is 2.64. The molecule has 0 saturated carbocycles. The van der Waals surface area contributed by atoms with Gasteiger partial charge >= 0.3 is 0 Å². The van der Waals surface area contributed by atoms with Crippen molar-refractivity contribution in [2.75, 3.05) is 18.0 Å². The second kappa shape index (κ2) is 8.60. The lowest BCUT2D eigenvalue weighted by Gasteiger charge is -2.41. The van der Waals surface area contributed by atoms with Gasteiger partial charge in [0.15, 0.2) is 0 Å². The maximum Gasteiger partial charge on any atom is 0.234 e. The number of nitrogens with one attached hydrogen (secondary N) is 2. The molecule has 2 fully saturated rings. The normalized spacial score (nSPS) is 18.9. The van der Waals surface area contributed by atoms with Gasteiger partial charge in [-0.3, -0.25) is 19.7 Å². The van der Waals surface area contributed by atoms with Crippen molar-refractivity contribution < 1.29 is 31.9 Å². The molecule has 2 aromatic carbocycles. The molecule has 2 saturated heterocycles. The summed E-state index contributed by atoms with van der Waals surface area (Å²) in [4.78, 5) is 37.0. The van der Waals surface area contributed by atoms with E-state index >= 15 is 0 Å². The molecule has 2 aliphatic heterocycles. The van der Waals surface area contributed by atoms with E-state index in [0.29, 0.717) is 13.1 Å². The van der Waals surface area contributed by atoms with Gasteiger partial charge in [0.25, 0.3) is 0 Å². The van der Waals surface area contributed by atoms with Crippen molar-refractivity contribution in [3.05, 3.63) is 64.7 Å². The van der Waals surface area contributed by atoms with Crippen molar-refractivity contribution >= 4 is 23.4 Å². The quantitative estimate of drug-likeness (QED) is 0.543. The number of nitrogens with zero attached hydrogens (tertiary/aromatic N) is 1. The summed E-state index contributed by atoms with van der Waals surface area (Å²) in [5.74, 6) is -6.00. The minimum atomic E-state index is -1.07. The van der Waals surface area contributed by atoms with Gasteiger partial charge in [-0.15, -0.1) is 0 Å². The second-order valence-electron chi connectivity index (χ2n) is 7.95. The average molecular weight is 449 g/mol. The monoisotopic (exact) mass is 449 g/mol. The lowest BCUT2D eigenvalue weighted by Crippen LogP contribution is -2.59. The Bertz CT molecular complexity index is 1060. The fourth-order valence-electron chi connectivity index (χ4n) is 4.01. The zero-order chi connectivity index (χ0) is 23.0. The highest BCUT2D eigenvalue weighted by atomic mass is 19.1. The number of imide groups is 1. The van der Waals surface area contributed by atoms with Crippen LogP contribution >= 0.6 is 0 Å². The number of carbonyl (C=O) groups excluding carboxylic acids is 3. The van der Waals surface area contributed by atoms with Crippen molar-refractivity contribution in [1.29, 1.82) is 0 Å². The summed E-state index contributed by atoms with van der Waals surface area (Å²) < 4.78 is 55.7. The van der Waals surface area contributed by atoms with E-state index < -0.39 is 46.9 Å². The molecule has 0 bridgehead atoms. The van der Waals surface area contributed by atoms with Crippen molar-refractivity contribution in [2.24, 2.45) is 0 Å². The highest BCUT2D eigenvalue weighted by molar-refractivity contribution is 6.01. The first-order chi connectivity index (χ1) is 15.2. The molecule has 32 heavy (non-hydrogen) atoms. The summed E-state index contributed by atoms with van der Waals surface area (Å²) in [6, 6.07) is 4.82. The van der Waals surface area contributed by atoms with Crippen LogP contribution in [0.15, 0.2) is 30.3 Å². The standard InChI is InChI=1S/C22H19F4N3O3/c23-12-3-11(4-13(24)6-12)5-20(31)27-14-9-29(10-14)15-7-17(25)21(18(26)8-15)16-1-2-19(30)28-22(16)32/h3-4,6-8,14,16H,1-2,5,9-10H2,(H,27,31)(H,28,30,32). The molecule has 1 unspecified atom stereocenters. The fourth-order valence-corrected chi connectivity index (χ4v) is 4.01. The number of hydrogen-bond acceptors (Lipinski definition) is 4. The van der Waals surface area contributed by atoms with E-state index in [4.69, 9.17) is 0 Å². The highest BCUT2D eigenvalue weighted by Gasteiger charge is 2.34. The van der Waals surface area contributed by atoms with Gasteiger partial charge < -0.3 is 10.2 Å². The van der Waals surface area contributed by atoms with Crippen molar-refractivity contribution in [2.45, 2.75) is 31.2 Å². The lowest BCUT2D eigenvalue weighted by atomic mass is 9.89. The Hall–Kier alpha value is -3.43. The predicted molar refractivity (Wildman–Crippen MR) is 106 cm³/mol. The number of benzene rings is 2. The first-order valence-corrected chi connectivity index (χ1v) is 10.0. The molecule has 0 aromatic heterocycles. The molecular formula is C22H19F4N3O3. The Morgan fingerprint density at radius 1 is 1.00 bits per heavy atom. The largest absolute Gasteiger partial charge is 0.367 e. The molecule has 2 N–H and O–H groups in total. The number of hydrogen-bond donors (Lipinski definition) is 2. The molecule has 0 radical (unpaired) electrons. The Morgan fingerprint density at radius 2 is 1.62 bits per heavy atom. The van der Waals surface area contributed by atoms with Crippen LogP contribution in [0.25, 0.3) is 0 Å². The first-order valence-electron chi connectivity index (χ1n) is 10.0. The summed E-state index contributed by atoms with van der Waals surface area (Å²) in [7, 11) is 0. The van der Waals surface area contributed by atoms with Crippen LogP contribution in [0.5, 0.6) is 0 Å². The van der Waals surface area contributed by atoms with E-state index in [1.807, 2.05) is 0 Å². The van der Waals surface area contributed by atoms with Crippen molar-refractivity contribution in [3.63, 3.8) is 0 Å². The fraction of sp³-hybridized carbons (Fsp3) is 0.318. The molecule has 2 heterocycles. The third-order valence-corrected chi connectivity index (χ3v) is 5.55. The maximum atomic E-state index is 14.6. The molecule has 0 aliphatic carbocycles. The first kappa shape index (κ1) is 21.8. The molecule has 3 amide bonds. The Balaban J connectivity index is 1.36. The number of rotatable bonds is 5. The van der Waals surface area contributed by atoms with Crippen LogP contribution in [0.4, 0.5) is 23.2 Å². The second-order valence-corrected chi connectivity index (χ2v) is 7.95. The number of carbonyl (C=O) groups is 3. The Labute approximate surface area is 180 Å².